The Morgan fingerprint density at radius 1 is 0.792 bits per heavy atom. The maximum Gasteiger partial charge on any atom is 0.325 e. The number of hydrogen-bond donors (Lipinski definition) is 3. The van der Waals surface area contributed by atoms with E-state index in [9.17, 15) is 14.7 Å². The summed E-state index contributed by atoms with van der Waals surface area (Å²) in [6.45, 7) is 9.35. The van der Waals surface area contributed by atoms with Gasteiger partial charge < -0.3 is 34.9 Å². The lowest BCUT2D eigenvalue weighted by molar-refractivity contribution is -0.253. The van der Waals surface area contributed by atoms with Gasteiger partial charge >= 0.3 is 12.0 Å². The zero-order valence-corrected chi connectivity index (χ0v) is 29.7. The Hall–Kier alpha value is -2.98. The lowest BCUT2D eigenvalue weighted by atomic mass is 9.99. The summed E-state index contributed by atoms with van der Waals surface area (Å²) in [4.78, 5) is 26.5. The number of aliphatic hydroxyl groups is 1. The van der Waals surface area contributed by atoms with Gasteiger partial charge in [-0.15, -0.1) is 0 Å². The number of ether oxygens (including phenoxy) is 3. The molecule has 0 saturated carbocycles. The third kappa shape index (κ3) is 15.1. The summed E-state index contributed by atoms with van der Waals surface area (Å²) < 4.78 is 18.1. The number of esters is 1. The number of nitrogens with one attached hydrogen (secondary N) is 2. The van der Waals surface area contributed by atoms with Gasteiger partial charge in [0.2, 0.25) is 0 Å². The van der Waals surface area contributed by atoms with Crippen molar-refractivity contribution < 1.29 is 28.9 Å². The fourth-order valence-electron chi connectivity index (χ4n) is 6.11. The lowest BCUT2D eigenvalue weighted by Crippen LogP contribution is -2.40. The molecule has 3 N–H and O–H groups in total. The molecule has 1 fully saturated rings. The number of urea groups is 1. The molecule has 2 amide bonds. The summed E-state index contributed by atoms with van der Waals surface area (Å²) >= 11 is 0. The van der Waals surface area contributed by atoms with Gasteiger partial charge in [-0.1, -0.05) is 114 Å². The molecular formula is C39H61N3O6. The molecule has 3 rings (SSSR count). The number of carbonyl (C=O) groups excluding carboxylic acids is 2. The zero-order chi connectivity index (χ0) is 34.4. The molecule has 1 aliphatic rings. The Balaban J connectivity index is 1.69. The molecule has 0 spiro atoms. The van der Waals surface area contributed by atoms with Crippen LogP contribution in [0.1, 0.15) is 133 Å². The van der Waals surface area contributed by atoms with Gasteiger partial charge in [0.25, 0.3) is 0 Å². The van der Waals surface area contributed by atoms with Crippen LogP contribution in [-0.2, 0) is 25.6 Å². The zero-order valence-electron chi connectivity index (χ0n) is 29.7. The number of carbonyl (C=O) groups is 2. The summed E-state index contributed by atoms with van der Waals surface area (Å²) in [5, 5.41) is 14.8. The highest BCUT2D eigenvalue weighted by Gasteiger charge is 2.33. The standard InChI is InChI=1S/C39H61N3O6/c1-4-7-9-11-13-15-25-42(26-16-14-12-10-8-5-2)29-35-27-36(32-19-17-31(30-43)18-20-32)48-38(47-35)33-21-23-34(24-22-33)41-39(45)40-28-37(44)46-6-3/h17-24,35-36,38,43H,4-16,25-30H2,1-3H3,(H2,40,41,45)/t35-,36+,38+/m1/s1. The first-order valence-electron chi connectivity index (χ1n) is 18.5. The van der Waals surface area contributed by atoms with Crippen LogP contribution in [0.3, 0.4) is 0 Å². The highest BCUT2D eigenvalue weighted by Crippen LogP contribution is 2.38. The van der Waals surface area contributed by atoms with Crippen LogP contribution in [0.2, 0.25) is 0 Å². The van der Waals surface area contributed by atoms with E-state index in [0.717, 1.165) is 42.7 Å². The minimum atomic E-state index is -0.567. The van der Waals surface area contributed by atoms with Gasteiger partial charge in [-0.25, -0.2) is 4.79 Å². The van der Waals surface area contributed by atoms with E-state index in [0.29, 0.717) is 5.69 Å². The number of anilines is 1. The average Bonchev–Trinajstić information content (AvgIpc) is 3.10. The number of aliphatic hydroxyl groups excluding tert-OH is 1. The van der Waals surface area contributed by atoms with Crippen molar-refractivity contribution in [2.75, 3.05) is 38.1 Å². The van der Waals surface area contributed by atoms with Crippen molar-refractivity contribution in [1.29, 1.82) is 0 Å². The lowest BCUT2D eigenvalue weighted by Gasteiger charge is -2.38. The van der Waals surface area contributed by atoms with Crippen LogP contribution in [0, 0.1) is 0 Å². The maximum atomic E-state index is 12.3. The molecule has 1 saturated heterocycles. The van der Waals surface area contributed by atoms with Crippen molar-refractivity contribution >= 4 is 17.7 Å². The predicted octanol–water partition coefficient (Wildman–Crippen LogP) is 8.43. The number of unbranched alkanes of at least 4 members (excludes halogenated alkanes) is 10. The van der Waals surface area contributed by atoms with Gasteiger partial charge in [-0.3, -0.25) is 4.79 Å². The van der Waals surface area contributed by atoms with E-state index in [1.54, 1.807) is 6.92 Å². The Labute approximate surface area is 289 Å². The van der Waals surface area contributed by atoms with E-state index in [2.05, 4.69) is 29.4 Å². The predicted molar refractivity (Wildman–Crippen MR) is 192 cm³/mol. The molecule has 48 heavy (non-hydrogen) atoms. The van der Waals surface area contributed by atoms with Crippen LogP contribution in [0.25, 0.3) is 0 Å². The molecule has 9 heteroatoms. The molecule has 1 heterocycles. The molecule has 2 aromatic rings. The molecule has 0 unspecified atom stereocenters. The molecule has 268 valence electrons. The Morgan fingerprint density at radius 3 is 1.96 bits per heavy atom. The molecule has 0 aromatic heterocycles. The van der Waals surface area contributed by atoms with Crippen LogP contribution in [0.4, 0.5) is 10.5 Å². The van der Waals surface area contributed by atoms with Gasteiger partial charge in [-0.2, -0.15) is 0 Å². The molecule has 9 nitrogen and oxygen atoms in total. The van der Waals surface area contributed by atoms with Crippen molar-refractivity contribution in [3.8, 4) is 0 Å². The van der Waals surface area contributed by atoms with Crippen LogP contribution < -0.4 is 10.6 Å². The maximum absolute atomic E-state index is 12.3. The van der Waals surface area contributed by atoms with Gasteiger partial charge in [-0.05, 0) is 56.1 Å². The quantitative estimate of drug-likeness (QED) is 0.0806. The van der Waals surface area contributed by atoms with Crippen molar-refractivity contribution in [2.24, 2.45) is 0 Å². The third-order valence-electron chi connectivity index (χ3n) is 8.87. The first-order valence-corrected chi connectivity index (χ1v) is 18.5. The first kappa shape index (κ1) is 39.5. The summed E-state index contributed by atoms with van der Waals surface area (Å²) in [6, 6.07) is 14.9. The van der Waals surface area contributed by atoms with E-state index in [-0.39, 0.29) is 32.0 Å². The Morgan fingerprint density at radius 2 is 1.38 bits per heavy atom. The number of hydrogen-bond acceptors (Lipinski definition) is 7. The van der Waals surface area contributed by atoms with E-state index < -0.39 is 18.3 Å². The third-order valence-corrected chi connectivity index (χ3v) is 8.87. The number of amides is 2. The second-order valence-electron chi connectivity index (χ2n) is 12.9. The van der Waals surface area contributed by atoms with E-state index in [1.165, 1.54) is 77.0 Å². The number of benzene rings is 2. The summed E-state index contributed by atoms with van der Waals surface area (Å²) in [5.74, 6) is -0.484. The summed E-state index contributed by atoms with van der Waals surface area (Å²) in [6.07, 6.45) is 15.4. The van der Waals surface area contributed by atoms with Crippen molar-refractivity contribution in [2.45, 2.75) is 129 Å². The normalized spacial score (nSPS) is 17.7. The fourth-order valence-corrected chi connectivity index (χ4v) is 6.11. The molecule has 1 aliphatic heterocycles. The number of rotatable bonds is 23. The van der Waals surface area contributed by atoms with E-state index >= 15 is 0 Å². The van der Waals surface area contributed by atoms with Crippen LogP contribution in [-0.4, -0.2) is 60.9 Å². The average molecular weight is 668 g/mol. The molecular weight excluding hydrogens is 606 g/mol. The highest BCUT2D eigenvalue weighted by atomic mass is 16.7. The van der Waals surface area contributed by atoms with Crippen molar-refractivity contribution in [1.82, 2.24) is 10.2 Å². The van der Waals surface area contributed by atoms with Crippen LogP contribution in [0.5, 0.6) is 0 Å². The smallest absolute Gasteiger partial charge is 0.325 e. The summed E-state index contributed by atoms with van der Waals surface area (Å²) in [7, 11) is 0. The molecule has 3 atom stereocenters. The van der Waals surface area contributed by atoms with Gasteiger partial charge in [0.05, 0.1) is 25.4 Å². The van der Waals surface area contributed by atoms with Crippen molar-refractivity contribution in [3.63, 3.8) is 0 Å². The van der Waals surface area contributed by atoms with Gasteiger partial charge in [0, 0.05) is 24.2 Å². The fraction of sp³-hybridized carbons (Fsp3) is 0.641. The van der Waals surface area contributed by atoms with Gasteiger partial charge in [0.1, 0.15) is 6.54 Å². The van der Waals surface area contributed by atoms with E-state index in [1.807, 2.05) is 48.5 Å². The monoisotopic (exact) mass is 667 g/mol. The minimum Gasteiger partial charge on any atom is -0.465 e. The molecule has 0 bridgehead atoms. The second kappa shape index (κ2) is 23.4. The van der Waals surface area contributed by atoms with Crippen molar-refractivity contribution in [3.05, 3.63) is 65.2 Å². The molecule has 0 radical (unpaired) electrons. The minimum absolute atomic E-state index is 0.00719. The topological polar surface area (TPSA) is 109 Å². The second-order valence-corrected chi connectivity index (χ2v) is 12.9. The first-order chi connectivity index (χ1) is 23.4. The largest absolute Gasteiger partial charge is 0.465 e. The van der Waals surface area contributed by atoms with E-state index in [4.69, 9.17) is 14.2 Å². The molecule has 2 aromatic carbocycles. The highest BCUT2D eigenvalue weighted by molar-refractivity contribution is 5.91. The van der Waals surface area contributed by atoms with Crippen LogP contribution >= 0.6 is 0 Å². The SMILES string of the molecule is CCCCCCCCN(CCCCCCCC)C[C@H]1C[C@@H](c2ccc(CO)cc2)O[C@@H](c2ccc(NC(=O)NCC(=O)OCC)cc2)O1. The number of nitrogens with zero attached hydrogens (tertiary/aromatic N) is 1. The van der Waals surface area contributed by atoms with Gasteiger partial charge in [0.15, 0.2) is 6.29 Å². The summed E-state index contributed by atoms with van der Waals surface area (Å²) in [5.41, 5.74) is 3.40. The Bertz CT molecular complexity index is 1140. The van der Waals surface area contributed by atoms with Crippen LogP contribution in [0.15, 0.2) is 48.5 Å². The Kier molecular flexibility index (Phi) is 19.2. The molecule has 0 aliphatic carbocycles.